The smallest absolute Gasteiger partial charge is 0.269 e. The van der Waals surface area contributed by atoms with Crippen molar-refractivity contribution in [2.75, 3.05) is 0 Å². The standard InChI is InChI=1S/C8H4BBrN2/c10-6-1-2-7-8(3-6)12-5-9(7)4-11/h1-3,5H. The molecule has 0 amide bonds. The number of nitrogens with zero attached hydrogens (tertiary/aromatic N) is 2. The minimum absolute atomic E-state index is 0.159. The minimum atomic E-state index is -0.159. The second kappa shape index (κ2) is 2.76. The largest absolute Gasteiger partial charge is 0.346 e. The minimum Gasteiger partial charge on any atom is -0.269 e. The van der Waals surface area contributed by atoms with Crippen LogP contribution in [0, 0.1) is 11.2 Å². The molecule has 1 aliphatic heterocycles. The van der Waals surface area contributed by atoms with Crippen molar-refractivity contribution in [3.8, 4) is 5.97 Å². The van der Waals surface area contributed by atoms with Gasteiger partial charge in [0.2, 0.25) is 0 Å². The Morgan fingerprint density at radius 2 is 2.33 bits per heavy atom. The third-order valence-electron chi connectivity index (χ3n) is 1.83. The molecule has 0 saturated carbocycles. The Kier molecular flexibility index (Phi) is 1.74. The Hall–Kier alpha value is -1.08. The van der Waals surface area contributed by atoms with Crippen LogP contribution in [0.15, 0.2) is 27.7 Å². The van der Waals surface area contributed by atoms with Crippen LogP contribution in [-0.2, 0) is 0 Å². The second-order valence-corrected chi connectivity index (χ2v) is 3.50. The first kappa shape index (κ1) is 7.57. The molecular weight excluding hydrogens is 215 g/mol. The van der Waals surface area contributed by atoms with Crippen LogP contribution < -0.4 is 5.46 Å². The van der Waals surface area contributed by atoms with Crippen LogP contribution in [0.1, 0.15) is 0 Å². The van der Waals surface area contributed by atoms with Crippen molar-refractivity contribution >= 4 is 39.9 Å². The van der Waals surface area contributed by atoms with Crippen molar-refractivity contribution < 1.29 is 0 Å². The Bertz CT molecular complexity index is 395. The summed E-state index contributed by atoms with van der Waals surface area (Å²) in [4.78, 5) is 4.13. The molecule has 0 N–H and O–H groups in total. The van der Waals surface area contributed by atoms with Crippen molar-refractivity contribution in [2.24, 2.45) is 4.99 Å². The van der Waals surface area contributed by atoms with E-state index in [9.17, 15) is 0 Å². The van der Waals surface area contributed by atoms with Crippen molar-refractivity contribution in [1.82, 2.24) is 0 Å². The molecule has 0 aliphatic carbocycles. The van der Waals surface area contributed by atoms with E-state index in [1.165, 1.54) is 0 Å². The van der Waals surface area contributed by atoms with Gasteiger partial charge in [-0.2, -0.15) is 0 Å². The third-order valence-corrected chi connectivity index (χ3v) is 2.32. The quantitative estimate of drug-likeness (QED) is 0.608. The first-order valence-corrected chi connectivity index (χ1v) is 4.34. The number of fused-ring (bicyclic) bond motifs is 1. The lowest BCUT2D eigenvalue weighted by molar-refractivity contribution is 1.56. The summed E-state index contributed by atoms with van der Waals surface area (Å²) in [5.74, 6) is 2.17. The lowest BCUT2D eigenvalue weighted by Crippen LogP contribution is -2.26. The summed E-state index contributed by atoms with van der Waals surface area (Å²) in [5.41, 5.74) is 1.90. The Morgan fingerprint density at radius 1 is 1.50 bits per heavy atom. The summed E-state index contributed by atoms with van der Waals surface area (Å²) < 4.78 is 0.997. The van der Waals surface area contributed by atoms with Crippen LogP contribution in [-0.4, -0.2) is 12.8 Å². The average molecular weight is 219 g/mol. The molecule has 0 unspecified atom stereocenters. The molecule has 0 bridgehead atoms. The number of hydrogen-bond donors (Lipinski definition) is 0. The van der Waals surface area contributed by atoms with Crippen LogP contribution in [0.25, 0.3) is 0 Å². The lowest BCUT2D eigenvalue weighted by atomic mass is 9.49. The van der Waals surface area contributed by atoms with Gasteiger partial charge in [0.15, 0.2) is 0 Å². The van der Waals surface area contributed by atoms with Crippen molar-refractivity contribution in [1.29, 1.82) is 5.26 Å². The molecule has 0 radical (unpaired) electrons. The van der Waals surface area contributed by atoms with Crippen LogP contribution in [0.3, 0.4) is 0 Å². The van der Waals surface area contributed by atoms with Crippen LogP contribution in [0.5, 0.6) is 0 Å². The average Bonchev–Trinajstić information content (AvgIpc) is 2.46. The maximum atomic E-state index is 8.73. The fourth-order valence-electron chi connectivity index (χ4n) is 1.23. The number of benzene rings is 1. The van der Waals surface area contributed by atoms with Gasteiger partial charge in [0.25, 0.3) is 0 Å². The molecule has 1 aliphatic rings. The summed E-state index contributed by atoms with van der Waals surface area (Å²) in [6.45, 7) is -0.159. The normalized spacial score (nSPS) is 12.8. The zero-order chi connectivity index (χ0) is 8.55. The highest BCUT2D eigenvalue weighted by molar-refractivity contribution is 9.10. The topological polar surface area (TPSA) is 36.1 Å². The molecule has 2 rings (SSSR count). The predicted octanol–water partition coefficient (Wildman–Crippen LogP) is 1.47. The first-order chi connectivity index (χ1) is 5.81. The Labute approximate surface area is 79.1 Å². The summed E-state index contributed by atoms with van der Waals surface area (Å²) in [6.07, 6.45) is 1.68. The van der Waals surface area contributed by atoms with E-state index in [0.29, 0.717) is 0 Å². The van der Waals surface area contributed by atoms with E-state index >= 15 is 0 Å². The highest BCUT2D eigenvalue weighted by Gasteiger charge is 2.22. The van der Waals surface area contributed by atoms with Crippen LogP contribution in [0.2, 0.25) is 0 Å². The zero-order valence-corrected chi connectivity index (χ0v) is 7.75. The number of rotatable bonds is 0. The van der Waals surface area contributed by atoms with Crippen molar-refractivity contribution in [2.45, 2.75) is 0 Å². The second-order valence-electron chi connectivity index (χ2n) is 2.59. The maximum Gasteiger partial charge on any atom is 0.346 e. The summed E-state index contributed by atoms with van der Waals surface area (Å²) in [5, 5.41) is 8.73. The molecule has 1 aromatic rings. The van der Waals surface area contributed by atoms with E-state index in [4.69, 9.17) is 5.26 Å². The summed E-state index contributed by atoms with van der Waals surface area (Å²) >= 11 is 3.35. The van der Waals surface area contributed by atoms with Gasteiger partial charge in [-0.1, -0.05) is 22.0 Å². The zero-order valence-electron chi connectivity index (χ0n) is 6.16. The third kappa shape index (κ3) is 1.07. The Balaban J connectivity index is 2.55. The van der Waals surface area contributed by atoms with Gasteiger partial charge in [0, 0.05) is 10.4 Å². The first-order valence-electron chi connectivity index (χ1n) is 3.54. The van der Waals surface area contributed by atoms with Gasteiger partial charge in [-0.05, 0) is 23.7 Å². The predicted molar refractivity (Wildman–Crippen MR) is 53.3 cm³/mol. The van der Waals surface area contributed by atoms with E-state index < -0.39 is 0 Å². The molecule has 0 spiro atoms. The molecule has 0 atom stereocenters. The van der Waals surface area contributed by atoms with Crippen molar-refractivity contribution in [3.63, 3.8) is 0 Å². The molecule has 1 aromatic carbocycles. The molecule has 0 fully saturated rings. The highest BCUT2D eigenvalue weighted by atomic mass is 79.9. The van der Waals surface area contributed by atoms with E-state index in [2.05, 4.69) is 26.9 Å². The molecule has 0 aromatic heterocycles. The van der Waals surface area contributed by atoms with E-state index in [0.717, 1.165) is 15.6 Å². The SMILES string of the molecule is N#CB1C=Nc2cc(Br)ccc21. The molecule has 4 heteroatoms. The van der Waals surface area contributed by atoms with Gasteiger partial charge in [0.1, 0.15) is 0 Å². The van der Waals surface area contributed by atoms with Gasteiger partial charge in [-0.15, -0.1) is 0 Å². The van der Waals surface area contributed by atoms with Gasteiger partial charge in [-0.25, -0.2) is 5.26 Å². The summed E-state index contributed by atoms with van der Waals surface area (Å²) in [7, 11) is 0. The molecule has 2 nitrogen and oxygen atoms in total. The highest BCUT2D eigenvalue weighted by Crippen LogP contribution is 2.19. The van der Waals surface area contributed by atoms with Gasteiger partial charge < -0.3 is 0 Å². The monoisotopic (exact) mass is 218 g/mol. The molecule has 56 valence electrons. The van der Waals surface area contributed by atoms with Crippen LogP contribution >= 0.6 is 15.9 Å². The number of halogens is 1. The van der Waals surface area contributed by atoms with Crippen molar-refractivity contribution in [3.05, 3.63) is 22.7 Å². The van der Waals surface area contributed by atoms with E-state index in [1.807, 2.05) is 18.2 Å². The van der Waals surface area contributed by atoms with E-state index in [-0.39, 0.29) is 6.71 Å². The number of aliphatic imine (C=N–C) groups is 1. The number of hydrogen-bond acceptors (Lipinski definition) is 2. The Morgan fingerprint density at radius 3 is 3.08 bits per heavy atom. The maximum absolute atomic E-state index is 8.73. The fourth-order valence-corrected chi connectivity index (χ4v) is 1.58. The summed E-state index contributed by atoms with van der Waals surface area (Å²) in [6, 6.07) is 5.78. The molecule has 1 heterocycles. The molecule has 12 heavy (non-hydrogen) atoms. The molecular formula is C8H4BBrN2. The lowest BCUT2D eigenvalue weighted by Gasteiger charge is -1.97. The van der Waals surface area contributed by atoms with Gasteiger partial charge in [-0.3, -0.25) is 4.99 Å². The fraction of sp³-hybridized carbons (Fsp3) is 0. The van der Waals surface area contributed by atoms with Gasteiger partial charge >= 0.3 is 6.71 Å². The van der Waals surface area contributed by atoms with E-state index in [1.54, 1.807) is 6.11 Å². The molecule has 0 saturated heterocycles. The number of nitriles is 1. The van der Waals surface area contributed by atoms with Crippen LogP contribution in [0.4, 0.5) is 5.69 Å². The van der Waals surface area contributed by atoms with Gasteiger partial charge in [0.05, 0.1) is 5.69 Å².